The van der Waals surface area contributed by atoms with Crippen LogP contribution >= 0.6 is 11.3 Å². The zero-order valence-electron chi connectivity index (χ0n) is 11.0. The standard InChI is InChI=1S/C15H11N3O2S/c16-9-11-4-3-5-12(8-11)14(20)18-15-17-10-13(21-15)6-1-2-7-19/h3-5,8,10,19H,2,7H2,(H,17,18,20). The second-order valence-electron chi connectivity index (χ2n) is 3.95. The molecule has 1 heterocycles. The molecule has 0 bridgehead atoms. The van der Waals surface area contributed by atoms with E-state index in [4.69, 9.17) is 10.4 Å². The third-order valence-electron chi connectivity index (χ3n) is 2.43. The fraction of sp³-hybridized carbons (Fsp3) is 0.133. The molecule has 0 aliphatic rings. The zero-order chi connectivity index (χ0) is 15.1. The Bertz CT molecular complexity index is 750. The van der Waals surface area contributed by atoms with Crippen molar-refractivity contribution in [3.05, 3.63) is 46.5 Å². The number of aliphatic hydroxyl groups excluding tert-OH is 1. The van der Waals surface area contributed by atoms with Crippen LogP contribution in [0.1, 0.15) is 27.2 Å². The molecule has 0 fully saturated rings. The summed E-state index contributed by atoms with van der Waals surface area (Å²) in [5.41, 5.74) is 0.828. The molecule has 2 aromatic rings. The van der Waals surface area contributed by atoms with Gasteiger partial charge >= 0.3 is 0 Å². The fourth-order valence-corrected chi connectivity index (χ4v) is 2.18. The van der Waals surface area contributed by atoms with Crippen molar-refractivity contribution >= 4 is 22.4 Å². The number of aromatic nitrogens is 1. The zero-order valence-corrected chi connectivity index (χ0v) is 11.8. The molecule has 1 aromatic carbocycles. The average Bonchev–Trinajstić information content (AvgIpc) is 2.95. The number of hydrogen-bond acceptors (Lipinski definition) is 5. The number of hydrogen-bond donors (Lipinski definition) is 2. The van der Waals surface area contributed by atoms with Gasteiger partial charge in [0.1, 0.15) is 0 Å². The maximum absolute atomic E-state index is 12.0. The summed E-state index contributed by atoms with van der Waals surface area (Å²) in [5.74, 6) is 5.31. The molecule has 6 heteroatoms. The fourth-order valence-electron chi connectivity index (χ4n) is 1.49. The topological polar surface area (TPSA) is 86.0 Å². The van der Waals surface area contributed by atoms with Crippen LogP contribution < -0.4 is 5.32 Å². The van der Waals surface area contributed by atoms with E-state index in [1.807, 2.05) is 6.07 Å². The molecule has 0 radical (unpaired) electrons. The van der Waals surface area contributed by atoms with E-state index in [-0.39, 0.29) is 12.5 Å². The minimum Gasteiger partial charge on any atom is -0.395 e. The molecule has 0 aliphatic carbocycles. The van der Waals surface area contributed by atoms with E-state index < -0.39 is 0 Å². The van der Waals surface area contributed by atoms with Gasteiger partial charge in [0.2, 0.25) is 0 Å². The number of carbonyl (C=O) groups excluding carboxylic acids is 1. The third-order valence-corrected chi connectivity index (χ3v) is 3.26. The minimum absolute atomic E-state index is 0.0185. The Morgan fingerprint density at radius 2 is 2.33 bits per heavy atom. The van der Waals surface area contributed by atoms with E-state index in [0.717, 1.165) is 0 Å². The number of nitriles is 1. The van der Waals surface area contributed by atoms with Gasteiger partial charge in [-0.05, 0) is 18.2 Å². The Morgan fingerprint density at radius 3 is 3.10 bits per heavy atom. The number of anilines is 1. The molecule has 0 saturated heterocycles. The maximum atomic E-state index is 12.0. The molecule has 0 saturated carbocycles. The van der Waals surface area contributed by atoms with Crippen LogP contribution in [0.15, 0.2) is 30.5 Å². The molecule has 2 rings (SSSR count). The van der Waals surface area contributed by atoms with Crippen LogP contribution in [0.2, 0.25) is 0 Å². The molecule has 104 valence electrons. The Hall–Kier alpha value is -2.67. The molecular weight excluding hydrogens is 286 g/mol. The van der Waals surface area contributed by atoms with Gasteiger partial charge in [-0.25, -0.2) is 4.98 Å². The summed E-state index contributed by atoms with van der Waals surface area (Å²) in [5, 5.41) is 20.6. The predicted octanol–water partition coefficient (Wildman–Crippen LogP) is 2.00. The minimum atomic E-state index is -0.323. The Kier molecular flexibility index (Phi) is 5.05. The quantitative estimate of drug-likeness (QED) is 0.848. The number of rotatable bonds is 3. The Labute approximate surface area is 125 Å². The highest BCUT2D eigenvalue weighted by atomic mass is 32.1. The van der Waals surface area contributed by atoms with Crippen molar-refractivity contribution in [2.75, 3.05) is 11.9 Å². The molecule has 0 aliphatic heterocycles. The lowest BCUT2D eigenvalue weighted by atomic mass is 10.1. The van der Waals surface area contributed by atoms with Gasteiger partial charge in [-0.2, -0.15) is 5.26 Å². The predicted molar refractivity (Wildman–Crippen MR) is 79.8 cm³/mol. The molecule has 1 aromatic heterocycles. The lowest BCUT2D eigenvalue weighted by molar-refractivity contribution is 0.102. The summed E-state index contributed by atoms with van der Waals surface area (Å²) in [6.07, 6.45) is 1.97. The first-order chi connectivity index (χ1) is 10.2. The molecule has 1 amide bonds. The van der Waals surface area contributed by atoms with Crippen LogP contribution in [0.5, 0.6) is 0 Å². The summed E-state index contributed by atoms with van der Waals surface area (Å²) in [7, 11) is 0. The van der Waals surface area contributed by atoms with Crippen LogP contribution in [-0.4, -0.2) is 22.6 Å². The number of carbonyl (C=O) groups is 1. The number of benzene rings is 1. The van der Waals surface area contributed by atoms with Gasteiger partial charge in [0.05, 0.1) is 29.3 Å². The number of aliphatic hydroxyl groups is 1. The maximum Gasteiger partial charge on any atom is 0.257 e. The number of amides is 1. The van der Waals surface area contributed by atoms with E-state index in [1.165, 1.54) is 17.4 Å². The van der Waals surface area contributed by atoms with E-state index >= 15 is 0 Å². The Balaban J connectivity index is 2.06. The van der Waals surface area contributed by atoms with Crippen molar-refractivity contribution in [1.29, 1.82) is 5.26 Å². The molecule has 21 heavy (non-hydrogen) atoms. The summed E-state index contributed by atoms with van der Waals surface area (Å²) in [6, 6.07) is 8.42. The van der Waals surface area contributed by atoms with Gasteiger partial charge in [0, 0.05) is 12.0 Å². The van der Waals surface area contributed by atoms with E-state index in [2.05, 4.69) is 22.1 Å². The smallest absolute Gasteiger partial charge is 0.257 e. The normalized spacial score (nSPS) is 9.33. The number of nitrogens with zero attached hydrogens (tertiary/aromatic N) is 2. The molecule has 0 atom stereocenters. The second kappa shape index (κ2) is 7.20. The summed E-state index contributed by atoms with van der Waals surface area (Å²) in [6.45, 7) is 0.0185. The van der Waals surface area contributed by atoms with E-state index in [1.54, 1.807) is 24.4 Å². The van der Waals surface area contributed by atoms with Crippen LogP contribution in [0, 0.1) is 23.2 Å². The third kappa shape index (κ3) is 4.15. The highest BCUT2D eigenvalue weighted by Crippen LogP contribution is 2.18. The molecule has 0 unspecified atom stereocenters. The summed E-state index contributed by atoms with van der Waals surface area (Å²) >= 11 is 1.25. The SMILES string of the molecule is N#Cc1cccc(C(=O)Nc2ncc(C#CCCO)s2)c1. The van der Waals surface area contributed by atoms with Gasteiger partial charge in [-0.15, -0.1) is 0 Å². The van der Waals surface area contributed by atoms with E-state index in [9.17, 15) is 4.79 Å². The lowest BCUT2D eigenvalue weighted by Gasteiger charge is -2.01. The first-order valence-electron chi connectivity index (χ1n) is 6.10. The van der Waals surface area contributed by atoms with Crippen molar-refractivity contribution in [2.24, 2.45) is 0 Å². The van der Waals surface area contributed by atoms with Gasteiger partial charge in [-0.3, -0.25) is 10.1 Å². The Morgan fingerprint density at radius 1 is 1.48 bits per heavy atom. The first-order valence-corrected chi connectivity index (χ1v) is 6.91. The van der Waals surface area contributed by atoms with Crippen LogP contribution in [0.4, 0.5) is 5.13 Å². The van der Waals surface area contributed by atoms with Crippen molar-refractivity contribution in [3.8, 4) is 17.9 Å². The second-order valence-corrected chi connectivity index (χ2v) is 4.98. The molecule has 0 spiro atoms. The molecular formula is C15H11N3O2S. The lowest BCUT2D eigenvalue weighted by Crippen LogP contribution is -2.11. The van der Waals surface area contributed by atoms with Crippen molar-refractivity contribution < 1.29 is 9.90 Å². The number of nitrogens with one attached hydrogen (secondary N) is 1. The average molecular weight is 297 g/mol. The monoisotopic (exact) mass is 297 g/mol. The van der Waals surface area contributed by atoms with Gasteiger partial charge in [0.25, 0.3) is 5.91 Å². The van der Waals surface area contributed by atoms with Crippen LogP contribution in [-0.2, 0) is 0 Å². The molecule has 5 nitrogen and oxygen atoms in total. The first kappa shape index (κ1) is 14.7. The largest absolute Gasteiger partial charge is 0.395 e. The van der Waals surface area contributed by atoms with Crippen molar-refractivity contribution in [2.45, 2.75) is 6.42 Å². The van der Waals surface area contributed by atoms with Crippen LogP contribution in [0.25, 0.3) is 0 Å². The van der Waals surface area contributed by atoms with Crippen molar-refractivity contribution in [1.82, 2.24) is 4.98 Å². The highest BCUT2D eigenvalue weighted by Gasteiger charge is 2.09. The summed E-state index contributed by atoms with van der Waals surface area (Å²) < 4.78 is 0. The highest BCUT2D eigenvalue weighted by molar-refractivity contribution is 7.16. The van der Waals surface area contributed by atoms with Gasteiger partial charge < -0.3 is 5.11 Å². The van der Waals surface area contributed by atoms with E-state index in [0.29, 0.717) is 27.6 Å². The number of thiazole rings is 1. The molecule has 2 N–H and O–H groups in total. The van der Waals surface area contributed by atoms with Crippen molar-refractivity contribution in [3.63, 3.8) is 0 Å². The summed E-state index contributed by atoms with van der Waals surface area (Å²) in [4.78, 5) is 16.8. The van der Waals surface area contributed by atoms with Gasteiger partial charge in [-0.1, -0.05) is 29.2 Å². The van der Waals surface area contributed by atoms with Gasteiger partial charge in [0.15, 0.2) is 5.13 Å². The van der Waals surface area contributed by atoms with Crippen LogP contribution in [0.3, 0.4) is 0 Å².